The highest BCUT2D eigenvalue weighted by molar-refractivity contribution is 7.49. The second-order valence-corrected chi connectivity index (χ2v) is 7.54. The highest BCUT2D eigenvalue weighted by Gasteiger charge is 2.33. The van der Waals surface area contributed by atoms with Gasteiger partial charge in [0.2, 0.25) is 0 Å². The predicted octanol–water partition coefficient (Wildman–Crippen LogP) is 4.42. The molecule has 7 nitrogen and oxygen atoms in total. The van der Waals surface area contributed by atoms with Gasteiger partial charge in [0.1, 0.15) is 4.83 Å². The lowest BCUT2D eigenvalue weighted by molar-refractivity contribution is 0.0381. The van der Waals surface area contributed by atoms with Crippen LogP contribution in [0.25, 0.3) is 10.2 Å². The number of carbonyl (C=O) groups excluding carboxylic acids is 1. The minimum atomic E-state index is -3.84. The van der Waals surface area contributed by atoms with Gasteiger partial charge in [-0.25, -0.2) is 14.3 Å². The van der Waals surface area contributed by atoms with Crippen LogP contribution in [0.15, 0.2) is 18.3 Å². The number of nitrogens with zero attached hydrogens (tertiary/aromatic N) is 1. The van der Waals surface area contributed by atoms with Crippen LogP contribution < -0.4 is 4.52 Å². The number of phosphoric ester groups is 1. The van der Waals surface area contributed by atoms with E-state index in [-0.39, 0.29) is 29.9 Å². The van der Waals surface area contributed by atoms with Gasteiger partial charge in [0.15, 0.2) is 10.6 Å². The fourth-order valence-corrected chi connectivity index (χ4v) is 4.16. The molecular formula is C15H20NO6PS. The van der Waals surface area contributed by atoms with Crippen LogP contribution in [-0.2, 0) is 18.3 Å². The molecular weight excluding hydrogens is 353 g/mol. The van der Waals surface area contributed by atoms with Crippen molar-refractivity contribution in [3.8, 4) is 5.75 Å². The summed E-state index contributed by atoms with van der Waals surface area (Å²) in [4.78, 5) is 17.3. The molecule has 0 amide bonds. The zero-order chi connectivity index (χ0) is 17.7. The first-order valence-electron chi connectivity index (χ1n) is 7.57. The van der Waals surface area contributed by atoms with Gasteiger partial charge in [-0.1, -0.05) is 0 Å². The third kappa shape index (κ3) is 4.33. The van der Waals surface area contributed by atoms with Crippen molar-refractivity contribution in [2.75, 3.05) is 13.2 Å². The Morgan fingerprint density at radius 3 is 2.54 bits per heavy atom. The van der Waals surface area contributed by atoms with Gasteiger partial charge in [0.25, 0.3) is 0 Å². The Hall–Kier alpha value is -1.47. The molecule has 0 aliphatic rings. The number of hydrogen-bond donors (Lipinski definition) is 0. The minimum absolute atomic E-state index is 0.110. The van der Waals surface area contributed by atoms with Gasteiger partial charge < -0.3 is 9.26 Å². The fraction of sp³-hybridized carbons (Fsp3) is 0.467. The van der Waals surface area contributed by atoms with Gasteiger partial charge in [0, 0.05) is 6.20 Å². The Balaban J connectivity index is 2.49. The summed E-state index contributed by atoms with van der Waals surface area (Å²) < 4.78 is 33.8. The number of esters is 1. The minimum Gasteiger partial charge on any atom is -0.459 e. The normalized spacial score (nSPS) is 11.9. The van der Waals surface area contributed by atoms with Crippen molar-refractivity contribution >= 4 is 35.3 Å². The zero-order valence-electron chi connectivity index (χ0n) is 14.0. The molecule has 0 aromatic carbocycles. The molecule has 0 aliphatic carbocycles. The van der Waals surface area contributed by atoms with Crippen LogP contribution in [0, 0.1) is 0 Å². The molecule has 24 heavy (non-hydrogen) atoms. The molecule has 0 N–H and O–H groups in total. The van der Waals surface area contributed by atoms with Crippen LogP contribution in [0.3, 0.4) is 0 Å². The molecule has 0 radical (unpaired) electrons. The molecule has 0 aliphatic heterocycles. The van der Waals surface area contributed by atoms with Crippen LogP contribution in [0.4, 0.5) is 0 Å². The molecule has 0 unspecified atom stereocenters. The predicted molar refractivity (Wildman–Crippen MR) is 91.7 cm³/mol. The lowest BCUT2D eigenvalue weighted by Crippen LogP contribution is -2.11. The van der Waals surface area contributed by atoms with Gasteiger partial charge in [-0.2, -0.15) is 0 Å². The SMILES string of the molecule is CCOP(=O)(OCC)Oc1c(C(=O)OC(C)C)sc2ncccc12. The van der Waals surface area contributed by atoms with E-state index in [9.17, 15) is 9.36 Å². The number of phosphoric acid groups is 1. The Morgan fingerprint density at radius 2 is 1.96 bits per heavy atom. The standard InChI is InChI=1S/C15H20NO6PS/c1-5-19-23(18,20-6-2)22-12-11-8-7-9-16-14(11)24-13(12)15(17)21-10(3)4/h7-10H,5-6H2,1-4H3. The zero-order valence-corrected chi connectivity index (χ0v) is 15.7. The van der Waals surface area contributed by atoms with Crippen molar-refractivity contribution in [3.05, 3.63) is 23.2 Å². The molecule has 0 saturated carbocycles. The number of pyridine rings is 1. The summed E-state index contributed by atoms with van der Waals surface area (Å²) in [5, 5.41) is 0.554. The summed E-state index contributed by atoms with van der Waals surface area (Å²) in [5.41, 5.74) is 0. The number of hydrogen-bond acceptors (Lipinski definition) is 8. The third-order valence-corrected chi connectivity index (χ3v) is 5.36. The van der Waals surface area contributed by atoms with Crippen LogP contribution in [0.2, 0.25) is 0 Å². The van der Waals surface area contributed by atoms with E-state index < -0.39 is 13.8 Å². The Morgan fingerprint density at radius 1 is 1.29 bits per heavy atom. The van der Waals surface area contributed by atoms with Crippen molar-refractivity contribution in [3.63, 3.8) is 0 Å². The molecule has 0 atom stereocenters. The van der Waals surface area contributed by atoms with Crippen molar-refractivity contribution in [1.82, 2.24) is 4.98 Å². The second kappa shape index (κ2) is 8.07. The van der Waals surface area contributed by atoms with E-state index in [1.807, 2.05) is 0 Å². The summed E-state index contributed by atoms with van der Waals surface area (Å²) in [6.45, 7) is 7.13. The monoisotopic (exact) mass is 373 g/mol. The maximum atomic E-state index is 12.7. The average Bonchev–Trinajstić information content (AvgIpc) is 2.86. The maximum Gasteiger partial charge on any atom is 0.530 e. The number of rotatable bonds is 8. The van der Waals surface area contributed by atoms with Gasteiger partial charge in [-0.3, -0.25) is 9.05 Å². The fourth-order valence-electron chi connectivity index (χ4n) is 1.92. The number of ether oxygens (including phenoxy) is 1. The Bertz CT molecular complexity index is 750. The number of thiophene rings is 1. The lowest BCUT2D eigenvalue weighted by Gasteiger charge is -2.17. The molecule has 0 bridgehead atoms. The van der Waals surface area contributed by atoms with Crippen molar-refractivity contribution in [1.29, 1.82) is 0 Å². The van der Waals surface area contributed by atoms with E-state index in [2.05, 4.69) is 4.98 Å². The first-order valence-corrected chi connectivity index (χ1v) is 9.85. The highest BCUT2D eigenvalue weighted by atomic mass is 32.1. The summed E-state index contributed by atoms with van der Waals surface area (Å²) in [6, 6.07) is 3.42. The Labute approximate surface area is 144 Å². The number of aromatic nitrogens is 1. The molecule has 2 aromatic heterocycles. The largest absolute Gasteiger partial charge is 0.530 e. The smallest absolute Gasteiger partial charge is 0.459 e. The van der Waals surface area contributed by atoms with Crippen molar-refractivity contribution in [2.45, 2.75) is 33.8 Å². The maximum absolute atomic E-state index is 12.7. The van der Waals surface area contributed by atoms with E-state index in [4.69, 9.17) is 18.3 Å². The molecule has 2 aromatic rings. The quantitative estimate of drug-likeness (QED) is 0.500. The molecule has 0 spiro atoms. The van der Waals surface area contributed by atoms with Crippen molar-refractivity contribution in [2.24, 2.45) is 0 Å². The molecule has 2 heterocycles. The molecule has 9 heteroatoms. The topological polar surface area (TPSA) is 84.0 Å². The molecule has 2 rings (SSSR count). The molecule has 0 fully saturated rings. The van der Waals surface area contributed by atoms with Crippen LogP contribution in [0.1, 0.15) is 37.4 Å². The van der Waals surface area contributed by atoms with Crippen LogP contribution >= 0.6 is 19.2 Å². The molecule has 132 valence electrons. The van der Waals surface area contributed by atoms with E-state index in [0.29, 0.717) is 10.2 Å². The van der Waals surface area contributed by atoms with E-state index in [1.165, 1.54) is 0 Å². The summed E-state index contributed by atoms with van der Waals surface area (Å²) in [5.74, 6) is -0.457. The first kappa shape index (κ1) is 18.9. The van der Waals surface area contributed by atoms with Gasteiger partial charge in [-0.05, 0) is 39.8 Å². The van der Waals surface area contributed by atoms with Crippen LogP contribution in [0.5, 0.6) is 5.75 Å². The van der Waals surface area contributed by atoms with E-state index in [1.54, 1.807) is 46.0 Å². The Kier molecular flexibility index (Phi) is 6.34. The summed E-state index contributed by atoms with van der Waals surface area (Å²) >= 11 is 1.11. The second-order valence-electron chi connectivity index (χ2n) is 4.94. The van der Waals surface area contributed by atoms with Gasteiger partial charge in [-0.15, -0.1) is 11.3 Å². The van der Waals surface area contributed by atoms with E-state index >= 15 is 0 Å². The van der Waals surface area contributed by atoms with Gasteiger partial charge >= 0.3 is 13.8 Å². The van der Waals surface area contributed by atoms with Crippen LogP contribution in [-0.4, -0.2) is 30.3 Å². The lowest BCUT2D eigenvalue weighted by atomic mass is 10.3. The third-order valence-electron chi connectivity index (χ3n) is 2.73. The number of carbonyl (C=O) groups is 1. The van der Waals surface area contributed by atoms with E-state index in [0.717, 1.165) is 11.3 Å². The number of fused-ring (bicyclic) bond motifs is 1. The average molecular weight is 373 g/mol. The summed E-state index contributed by atoms with van der Waals surface area (Å²) in [7, 11) is -3.84. The highest BCUT2D eigenvalue weighted by Crippen LogP contribution is 2.53. The molecule has 0 saturated heterocycles. The first-order chi connectivity index (χ1) is 11.4. The van der Waals surface area contributed by atoms with Crippen molar-refractivity contribution < 1.29 is 27.7 Å². The van der Waals surface area contributed by atoms with Gasteiger partial charge in [0.05, 0.1) is 24.7 Å². The summed E-state index contributed by atoms with van der Waals surface area (Å²) in [6.07, 6.45) is 1.30.